The Hall–Kier alpha value is -0.720. The molecule has 10 heavy (non-hydrogen) atoms. The minimum atomic E-state index is 0.808. The Labute approximate surface area is 70.4 Å². The van der Waals surface area contributed by atoms with E-state index in [9.17, 15) is 0 Å². The monoisotopic (exact) mass is 246 g/mol. The average molecular weight is 246 g/mol. The van der Waals surface area contributed by atoms with Crippen LogP contribution in [0.1, 0.15) is 0 Å². The van der Waals surface area contributed by atoms with Crippen LogP contribution in [0.3, 0.4) is 0 Å². The van der Waals surface area contributed by atoms with E-state index in [-0.39, 0.29) is 0 Å². The Morgan fingerprint density at radius 2 is 2.40 bits per heavy atom. The molecule has 0 amide bonds. The second-order valence-corrected chi connectivity index (χ2v) is 2.80. The van der Waals surface area contributed by atoms with Crippen LogP contribution in [0.25, 0.3) is 5.65 Å². The summed E-state index contributed by atoms with van der Waals surface area (Å²) in [5, 5.41) is 7.59. The van der Waals surface area contributed by atoms with Crippen molar-refractivity contribution in [3.8, 4) is 0 Å². The molecule has 0 atom stereocenters. The third kappa shape index (κ3) is 0.772. The molecule has 2 heterocycles. The van der Waals surface area contributed by atoms with Gasteiger partial charge in [-0.15, -0.1) is 10.2 Å². The van der Waals surface area contributed by atoms with E-state index in [2.05, 4.69) is 37.8 Å². The van der Waals surface area contributed by atoms with E-state index in [1.165, 1.54) is 0 Å². The number of hydrogen-bond acceptors (Lipinski definition) is 3. The first-order valence-corrected chi connectivity index (χ1v) is 3.75. The molecule has 0 N–H and O–H groups in total. The Bertz CT molecular complexity index is 355. The Kier molecular flexibility index (Phi) is 1.30. The fraction of sp³-hybridized carbons (Fsp3) is 0. The van der Waals surface area contributed by atoms with Gasteiger partial charge in [-0.3, -0.25) is 4.40 Å². The number of halogens is 1. The predicted molar refractivity (Wildman–Crippen MR) is 43.5 cm³/mol. The van der Waals surface area contributed by atoms with E-state index in [1.54, 1.807) is 12.5 Å². The van der Waals surface area contributed by atoms with Crippen molar-refractivity contribution < 1.29 is 0 Å². The zero-order valence-electron chi connectivity index (χ0n) is 4.90. The van der Waals surface area contributed by atoms with E-state index < -0.39 is 0 Å². The number of fused-ring (bicyclic) bond motifs is 1. The molecule has 4 nitrogen and oxygen atoms in total. The van der Waals surface area contributed by atoms with Crippen molar-refractivity contribution in [1.29, 1.82) is 0 Å². The fourth-order valence-corrected chi connectivity index (χ4v) is 1.27. The van der Waals surface area contributed by atoms with Crippen molar-refractivity contribution in [3.63, 3.8) is 0 Å². The fourth-order valence-electron chi connectivity index (χ4n) is 0.728. The average Bonchev–Trinajstić information content (AvgIpc) is 2.36. The normalized spacial score (nSPS) is 10.5. The first-order chi connectivity index (χ1) is 4.88. The standard InChI is InChI=1S/C5H3IN4/c6-4-5-9-8-3-10(5)2-1-7-4/h1-3H. The third-order valence-electron chi connectivity index (χ3n) is 1.17. The molecular weight excluding hydrogens is 243 g/mol. The topological polar surface area (TPSA) is 43.1 Å². The highest BCUT2D eigenvalue weighted by Gasteiger charge is 1.98. The summed E-state index contributed by atoms with van der Waals surface area (Å²) in [7, 11) is 0. The van der Waals surface area contributed by atoms with Gasteiger partial charge in [0.1, 0.15) is 10.0 Å². The summed E-state index contributed by atoms with van der Waals surface area (Å²) in [4.78, 5) is 4.04. The second-order valence-electron chi connectivity index (χ2n) is 1.78. The van der Waals surface area contributed by atoms with Gasteiger partial charge in [-0.05, 0) is 22.6 Å². The van der Waals surface area contributed by atoms with Crippen LogP contribution in [0.4, 0.5) is 0 Å². The third-order valence-corrected chi connectivity index (χ3v) is 1.93. The molecule has 0 unspecified atom stereocenters. The molecule has 0 fully saturated rings. The van der Waals surface area contributed by atoms with E-state index in [4.69, 9.17) is 0 Å². The second kappa shape index (κ2) is 2.15. The van der Waals surface area contributed by atoms with Crippen molar-refractivity contribution in [3.05, 3.63) is 22.4 Å². The van der Waals surface area contributed by atoms with Crippen LogP contribution in [0.15, 0.2) is 18.7 Å². The zero-order valence-corrected chi connectivity index (χ0v) is 7.06. The SMILES string of the molecule is Ic1nccn2cnnc12. The largest absolute Gasteiger partial charge is 0.285 e. The first-order valence-electron chi connectivity index (χ1n) is 2.68. The Morgan fingerprint density at radius 3 is 3.20 bits per heavy atom. The lowest BCUT2D eigenvalue weighted by molar-refractivity contribution is 1.10. The first kappa shape index (κ1) is 6.02. The van der Waals surface area contributed by atoms with Crippen LogP contribution >= 0.6 is 22.6 Å². The molecule has 50 valence electrons. The maximum absolute atomic E-state index is 4.04. The van der Waals surface area contributed by atoms with Crippen LogP contribution < -0.4 is 0 Å². The van der Waals surface area contributed by atoms with Crippen molar-refractivity contribution in [2.75, 3.05) is 0 Å². The number of rotatable bonds is 0. The molecule has 0 saturated heterocycles. The minimum absolute atomic E-state index is 0.808. The minimum Gasteiger partial charge on any atom is -0.285 e. The van der Waals surface area contributed by atoms with E-state index >= 15 is 0 Å². The lowest BCUT2D eigenvalue weighted by Gasteiger charge is -1.89. The highest BCUT2D eigenvalue weighted by atomic mass is 127. The van der Waals surface area contributed by atoms with Gasteiger partial charge < -0.3 is 0 Å². The van der Waals surface area contributed by atoms with Gasteiger partial charge in [0.25, 0.3) is 0 Å². The quantitative estimate of drug-likeness (QED) is 0.643. The van der Waals surface area contributed by atoms with E-state index in [0.717, 1.165) is 9.35 Å². The zero-order chi connectivity index (χ0) is 6.97. The van der Waals surface area contributed by atoms with Crippen molar-refractivity contribution in [2.24, 2.45) is 0 Å². The Morgan fingerprint density at radius 1 is 1.50 bits per heavy atom. The molecule has 2 rings (SSSR count). The van der Waals surface area contributed by atoms with Gasteiger partial charge in [0.2, 0.25) is 0 Å². The maximum atomic E-state index is 4.04. The maximum Gasteiger partial charge on any atom is 0.192 e. The van der Waals surface area contributed by atoms with Gasteiger partial charge in [0.05, 0.1) is 0 Å². The summed E-state index contributed by atoms with van der Waals surface area (Å²) < 4.78 is 2.70. The molecule has 0 saturated carbocycles. The van der Waals surface area contributed by atoms with Gasteiger partial charge in [-0.2, -0.15) is 0 Å². The number of aromatic nitrogens is 4. The lowest BCUT2D eigenvalue weighted by atomic mass is 10.7. The summed E-state index contributed by atoms with van der Waals surface area (Å²) in [5.74, 6) is 0. The molecule has 5 heteroatoms. The summed E-state index contributed by atoms with van der Waals surface area (Å²) in [6.45, 7) is 0. The van der Waals surface area contributed by atoms with Crippen LogP contribution in [0.5, 0.6) is 0 Å². The molecule has 0 aliphatic rings. The summed E-state index contributed by atoms with van der Waals surface area (Å²) >= 11 is 2.12. The van der Waals surface area contributed by atoms with Crippen LogP contribution in [0, 0.1) is 3.70 Å². The van der Waals surface area contributed by atoms with Crippen molar-refractivity contribution >= 4 is 28.2 Å². The van der Waals surface area contributed by atoms with Gasteiger partial charge in [-0.25, -0.2) is 4.98 Å². The van der Waals surface area contributed by atoms with Gasteiger partial charge in [0, 0.05) is 12.4 Å². The predicted octanol–water partition coefficient (Wildman–Crippen LogP) is 0.729. The van der Waals surface area contributed by atoms with Crippen LogP contribution in [-0.4, -0.2) is 19.6 Å². The molecule has 0 radical (unpaired) electrons. The van der Waals surface area contributed by atoms with Gasteiger partial charge in [-0.1, -0.05) is 0 Å². The molecule has 2 aromatic rings. The summed E-state index contributed by atoms with van der Waals surface area (Å²) in [6.07, 6.45) is 5.19. The molecule has 0 aliphatic heterocycles. The molecule has 0 aliphatic carbocycles. The van der Waals surface area contributed by atoms with E-state index in [1.807, 2.05) is 10.6 Å². The summed E-state index contributed by atoms with van der Waals surface area (Å²) in [5.41, 5.74) is 0.808. The summed E-state index contributed by atoms with van der Waals surface area (Å²) in [6, 6.07) is 0. The lowest BCUT2D eigenvalue weighted by Crippen LogP contribution is -1.88. The van der Waals surface area contributed by atoms with Crippen molar-refractivity contribution in [2.45, 2.75) is 0 Å². The van der Waals surface area contributed by atoms with E-state index in [0.29, 0.717) is 0 Å². The molecule has 0 aromatic carbocycles. The van der Waals surface area contributed by atoms with Gasteiger partial charge >= 0.3 is 0 Å². The smallest absolute Gasteiger partial charge is 0.192 e. The molecule has 0 spiro atoms. The molecule has 0 bridgehead atoms. The number of hydrogen-bond donors (Lipinski definition) is 0. The van der Waals surface area contributed by atoms with Crippen LogP contribution in [-0.2, 0) is 0 Å². The molecule has 2 aromatic heterocycles. The van der Waals surface area contributed by atoms with Crippen LogP contribution in [0.2, 0.25) is 0 Å². The Balaban J connectivity index is 2.95. The highest BCUT2D eigenvalue weighted by Crippen LogP contribution is 2.05. The number of nitrogens with zero attached hydrogens (tertiary/aromatic N) is 4. The highest BCUT2D eigenvalue weighted by molar-refractivity contribution is 14.1. The van der Waals surface area contributed by atoms with Crippen molar-refractivity contribution in [1.82, 2.24) is 19.6 Å². The van der Waals surface area contributed by atoms with Gasteiger partial charge in [0.15, 0.2) is 5.65 Å². The molecular formula is C5H3IN4.